The highest BCUT2D eigenvalue weighted by molar-refractivity contribution is 6.82. The molecule has 0 saturated carbocycles. The zero-order valence-electron chi connectivity index (χ0n) is 15.7. The lowest BCUT2D eigenvalue weighted by Gasteiger charge is -2.34. The summed E-state index contributed by atoms with van der Waals surface area (Å²) in [5.74, 6) is 1.09. The molecular formula is C18H26O6Si. The van der Waals surface area contributed by atoms with Gasteiger partial charge in [0.25, 0.3) is 0 Å². The number of ether oxygens (including phenoxy) is 5. The first-order valence-corrected chi connectivity index (χ1v) is 11.5. The van der Waals surface area contributed by atoms with E-state index in [0.29, 0.717) is 29.2 Å². The third kappa shape index (κ3) is 3.26. The van der Waals surface area contributed by atoms with Crippen LogP contribution in [0.2, 0.25) is 19.6 Å². The largest absolute Gasteiger partial charge is 0.493 e. The van der Waals surface area contributed by atoms with E-state index in [1.807, 2.05) is 0 Å². The van der Waals surface area contributed by atoms with Gasteiger partial charge >= 0.3 is 5.97 Å². The molecule has 1 fully saturated rings. The van der Waals surface area contributed by atoms with Crippen LogP contribution in [0.4, 0.5) is 0 Å². The predicted molar refractivity (Wildman–Crippen MR) is 96.9 cm³/mol. The summed E-state index contributed by atoms with van der Waals surface area (Å²) in [4.78, 5) is 12.7. The fourth-order valence-corrected chi connectivity index (χ4v) is 4.83. The van der Waals surface area contributed by atoms with Crippen molar-refractivity contribution in [2.24, 2.45) is 0 Å². The molecule has 0 aliphatic carbocycles. The molecule has 0 spiro atoms. The van der Waals surface area contributed by atoms with Gasteiger partial charge in [0.1, 0.15) is 0 Å². The third-order valence-electron chi connectivity index (χ3n) is 4.45. The Balaban J connectivity index is 2.47. The SMILES string of the molecule is C=CC[C@@]1([Si](C)(C)C)OC(c2cc(OC)c(OC)c(OC)c2)OC1=O. The quantitative estimate of drug-likeness (QED) is 0.418. The second kappa shape index (κ2) is 7.09. The van der Waals surface area contributed by atoms with Crippen LogP contribution in [-0.2, 0) is 14.3 Å². The lowest BCUT2D eigenvalue weighted by Crippen LogP contribution is -2.56. The van der Waals surface area contributed by atoms with Crippen LogP contribution in [0.5, 0.6) is 17.2 Å². The van der Waals surface area contributed by atoms with E-state index in [9.17, 15) is 4.79 Å². The van der Waals surface area contributed by atoms with Crippen LogP contribution in [0.1, 0.15) is 18.3 Å². The van der Waals surface area contributed by atoms with Crippen molar-refractivity contribution in [3.8, 4) is 17.2 Å². The molecule has 2 rings (SSSR count). The Bertz CT molecular complexity index is 641. The van der Waals surface area contributed by atoms with E-state index in [-0.39, 0.29) is 5.97 Å². The molecule has 7 heteroatoms. The number of carbonyl (C=O) groups excluding carboxylic acids is 1. The van der Waals surface area contributed by atoms with Gasteiger partial charge in [-0.3, -0.25) is 0 Å². The Morgan fingerprint density at radius 1 is 1.16 bits per heavy atom. The van der Waals surface area contributed by atoms with Crippen molar-refractivity contribution in [2.75, 3.05) is 21.3 Å². The molecule has 0 amide bonds. The molecule has 1 unspecified atom stereocenters. The minimum atomic E-state index is -2.05. The molecule has 0 N–H and O–H groups in total. The summed E-state index contributed by atoms with van der Waals surface area (Å²) in [6.45, 7) is 10.0. The lowest BCUT2D eigenvalue weighted by atomic mass is 10.1. The summed E-state index contributed by atoms with van der Waals surface area (Å²) in [6, 6.07) is 3.46. The van der Waals surface area contributed by atoms with E-state index in [0.717, 1.165) is 0 Å². The van der Waals surface area contributed by atoms with E-state index in [1.54, 1.807) is 18.2 Å². The minimum absolute atomic E-state index is 0.342. The van der Waals surface area contributed by atoms with Crippen LogP contribution in [0.3, 0.4) is 0 Å². The topological polar surface area (TPSA) is 63.2 Å². The fraction of sp³-hybridized carbons (Fsp3) is 0.500. The van der Waals surface area contributed by atoms with Crippen LogP contribution >= 0.6 is 0 Å². The predicted octanol–water partition coefficient (Wildman–Crippen LogP) is 3.48. The van der Waals surface area contributed by atoms with Crippen molar-refractivity contribution in [2.45, 2.75) is 37.6 Å². The van der Waals surface area contributed by atoms with Gasteiger partial charge in [0.15, 0.2) is 16.7 Å². The second-order valence-electron chi connectivity index (χ2n) is 6.88. The van der Waals surface area contributed by atoms with Crippen molar-refractivity contribution in [3.05, 3.63) is 30.4 Å². The number of benzene rings is 1. The number of hydrogen-bond donors (Lipinski definition) is 0. The first kappa shape index (κ1) is 19.3. The molecule has 1 heterocycles. The molecule has 2 atom stereocenters. The summed E-state index contributed by atoms with van der Waals surface area (Å²) < 4.78 is 27.8. The van der Waals surface area contributed by atoms with Gasteiger partial charge in [-0.15, -0.1) is 6.58 Å². The highest BCUT2D eigenvalue weighted by Crippen LogP contribution is 2.46. The van der Waals surface area contributed by atoms with Gasteiger partial charge in [-0.2, -0.15) is 0 Å². The average molecular weight is 366 g/mol. The van der Waals surface area contributed by atoms with Crippen molar-refractivity contribution in [1.29, 1.82) is 0 Å². The van der Waals surface area contributed by atoms with E-state index in [4.69, 9.17) is 23.7 Å². The minimum Gasteiger partial charge on any atom is -0.493 e. The Morgan fingerprint density at radius 3 is 2.12 bits per heavy atom. The summed E-state index contributed by atoms with van der Waals surface area (Å²) >= 11 is 0. The summed E-state index contributed by atoms with van der Waals surface area (Å²) in [6.07, 6.45) is 1.30. The maximum absolute atomic E-state index is 12.7. The number of hydrogen-bond acceptors (Lipinski definition) is 6. The molecular weight excluding hydrogens is 340 g/mol. The average Bonchev–Trinajstić information content (AvgIpc) is 2.91. The molecule has 138 valence electrons. The van der Waals surface area contributed by atoms with Gasteiger partial charge in [0, 0.05) is 12.0 Å². The van der Waals surface area contributed by atoms with E-state index >= 15 is 0 Å². The highest BCUT2D eigenvalue weighted by Gasteiger charge is 2.58. The van der Waals surface area contributed by atoms with Crippen LogP contribution in [0.15, 0.2) is 24.8 Å². The Labute approximate surface area is 149 Å². The van der Waals surface area contributed by atoms with Crippen LogP contribution in [-0.4, -0.2) is 40.6 Å². The van der Waals surface area contributed by atoms with Crippen molar-refractivity contribution in [3.63, 3.8) is 0 Å². The number of rotatable bonds is 7. The van der Waals surface area contributed by atoms with Crippen LogP contribution in [0, 0.1) is 0 Å². The van der Waals surface area contributed by atoms with Gasteiger partial charge < -0.3 is 23.7 Å². The van der Waals surface area contributed by atoms with Crippen LogP contribution in [0.25, 0.3) is 0 Å². The molecule has 0 aromatic heterocycles. The van der Waals surface area contributed by atoms with E-state index < -0.39 is 19.6 Å². The summed E-state index contributed by atoms with van der Waals surface area (Å²) in [5, 5.41) is -0.959. The highest BCUT2D eigenvalue weighted by atomic mass is 28.3. The van der Waals surface area contributed by atoms with Crippen molar-refractivity contribution < 1.29 is 28.5 Å². The number of carbonyl (C=O) groups is 1. The van der Waals surface area contributed by atoms with E-state index in [1.165, 1.54) is 21.3 Å². The smallest absolute Gasteiger partial charge is 0.337 e. The molecule has 1 aromatic carbocycles. The van der Waals surface area contributed by atoms with Crippen molar-refractivity contribution >= 4 is 14.0 Å². The number of methoxy groups -OCH3 is 3. The Hall–Kier alpha value is -1.99. The maximum atomic E-state index is 12.7. The molecule has 25 heavy (non-hydrogen) atoms. The van der Waals surface area contributed by atoms with Gasteiger partial charge in [-0.25, -0.2) is 4.79 Å². The zero-order valence-corrected chi connectivity index (χ0v) is 16.7. The Morgan fingerprint density at radius 2 is 1.72 bits per heavy atom. The first-order chi connectivity index (χ1) is 11.7. The number of esters is 1. The van der Waals surface area contributed by atoms with Gasteiger partial charge in [0.2, 0.25) is 12.0 Å². The normalized spacial score (nSPS) is 23.1. The van der Waals surface area contributed by atoms with E-state index in [2.05, 4.69) is 26.2 Å². The number of cyclic esters (lactones) is 1. The van der Waals surface area contributed by atoms with Gasteiger partial charge in [0.05, 0.1) is 29.4 Å². The molecule has 1 aromatic rings. The van der Waals surface area contributed by atoms with Gasteiger partial charge in [-0.1, -0.05) is 25.7 Å². The van der Waals surface area contributed by atoms with Gasteiger partial charge in [-0.05, 0) is 12.1 Å². The maximum Gasteiger partial charge on any atom is 0.337 e. The van der Waals surface area contributed by atoms with Crippen LogP contribution < -0.4 is 14.2 Å². The summed E-state index contributed by atoms with van der Waals surface area (Å²) in [7, 11) is 2.55. The molecule has 0 bridgehead atoms. The molecule has 0 radical (unpaired) electrons. The molecule has 1 saturated heterocycles. The molecule has 6 nitrogen and oxygen atoms in total. The lowest BCUT2D eigenvalue weighted by molar-refractivity contribution is -0.144. The zero-order chi connectivity index (χ0) is 18.8. The molecule has 1 aliphatic rings. The fourth-order valence-electron chi connectivity index (χ4n) is 2.94. The third-order valence-corrected chi connectivity index (χ3v) is 7.40. The second-order valence-corrected chi connectivity index (χ2v) is 12.2. The van der Waals surface area contributed by atoms with Crippen molar-refractivity contribution in [1.82, 2.24) is 0 Å². The summed E-state index contributed by atoms with van der Waals surface area (Å²) in [5.41, 5.74) is 0.632. The monoisotopic (exact) mass is 366 g/mol. The first-order valence-electron chi connectivity index (χ1n) is 8.03. The standard InChI is InChI=1S/C18H26O6Si/c1-8-9-18(25(5,6)7)17(19)23-16(24-18)12-10-13(20-2)15(22-4)14(11-12)21-3/h8,10-11,16H,1,9H2,2-7H3/t16?,18-/m0/s1. The Kier molecular flexibility index (Phi) is 5.48. The molecule has 1 aliphatic heterocycles.